The summed E-state index contributed by atoms with van der Waals surface area (Å²) in [4.78, 5) is 28.2. The lowest BCUT2D eigenvalue weighted by atomic mass is 9.68. The van der Waals surface area contributed by atoms with Crippen molar-refractivity contribution in [1.82, 2.24) is 4.90 Å². The van der Waals surface area contributed by atoms with Crippen LogP contribution in [0, 0.1) is 10.8 Å². The van der Waals surface area contributed by atoms with Gasteiger partial charge in [0.25, 0.3) is 0 Å². The van der Waals surface area contributed by atoms with Crippen LogP contribution in [-0.4, -0.2) is 16.5 Å². The summed E-state index contributed by atoms with van der Waals surface area (Å²) in [5.74, 6) is 0.451. The molecule has 0 saturated carbocycles. The standard InChI is InChI=1S/C24H29NO2/c1-23(2)11-19-17(21(26)13-23)10-18-20(12-24(3,4)14-22(18)27)25(19)15-16-8-6-5-7-9-16/h5-9H,10-15H2,1-4H3. The molecule has 0 N–H and O–H groups in total. The zero-order valence-electron chi connectivity index (χ0n) is 16.9. The molecule has 0 amide bonds. The van der Waals surface area contributed by atoms with E-state index >= 15 is 0 Å². The van der Waals surface area contributed by atoms with Gasteiger partial charge in [0.2, 0.25) is 0 Å². The van der Waals surface area contributed by atoms with Gasteiger partial charge in [-0.1, -0.05) is 58.0 Å². The highest BCUT2D eigenvalue weighted by Crippen LogP contribution is 2.49. The van der Waals surface area contributed by atoms with Crippen LogP contribution in [0.3, 0.4) is 0 Å². The predicted molar refractivity (Wildman–Crippen MR) is 107 cm³/mol. The number of Topliss-reactive ketones (excluding diaryl/α,β-unsaturated/α-hetero) is 2. The lowest BCUT2D eigenvalue weighted by Gasteiger charge is -2.46. The first-order valence-corrected chi connectivity index (χ1v) is 9.97. The van der Waals surface area contributed by atoms with Gasteiger partial charge in [0, 0.05) is 48.3 Å². The highest BCUT2D eigenvalue weighted by Gasteiger charge is 2.43. The summed E-state index contributed by atoms with van der Waals surface area (Å²) in [6, 6.07) is 10.4. The molecule has 0 saturated heterocycles. The Bertz CT molecular complexity index is 819. The molecule has 0 atom stereocenters. The van der Waals surface area contributed by atoms with Crippen molar-refractivity contribution in [3.8, 4) is 0 Å². The van der Waals surface area contributed by atoms with Gasteiger partial charge in [-0.05, 0) is 29.2 Å². The van der Waals surface area contributed by atoms with Gasteiger partial charge in [0.05, 0.1) is 0 Å². The molecular formula is C24H29NO2. The maximum absolute atomic E-state index is 12.9. The normalized spacial score (nSPS) is 24.1. The Kier molecular flexibility index (Phi) is 4.17. The summed E-state index contributed by atoms with van der Waals surface area (Å²) in [7, 11) is 0. The number of rotatable bonds is 2. The zero-order chi connectivity index (χ0) is 19.4. The molecule has 0 unspecified atom stereocenters. The van der Waals surface area contributed by atoms with Crippen LogP contribution in [0.1, 0.15) is 65.4 Å². The summed E-state index contributed by atoms with van der Waals surface area (Å²) < 4.78 is 0. The second-order valence-electron chi connectivity index (χ2n) is 9.98. The maximum atomic E-state index is 12.9. The van der Waals surface area contributed by atoms with Gasteiger partial charge in [-0.25, -0.2) is 0 Å². The predicted octanol–water partition coefficient (Wildman–Crippen LogP) is 5.18. The van der Waals surface area contributed by atoms with Gasteiger partial charge in [-0.3, -0.25) is 9.59 Å². The van der Waals surface area contributed by atoms with E-state index in [1.807, 2.05) is 6.07 Å². The van der Waals surface area contributed by atoms with Gasteiger partial charge in [0.15, 0.2) is 11.6 Å². The average molecular weight is 364 g/mol. The first-order chi connectivity index (χ1) is 12.7. The fourth-order valence-electron chi connectivity index (χ4n) is 4.86. The summed E-state index contributed by atoms with van der Waals surface area (Å²) >= 11 is 0. The quantitative estimate of drug-likeness (QED) is 0.727. The highest BCUT2D eigenvalue weighted by atomic mass is 16.1. The molecule has 3 heteroatoms. The highest BCUT2D eigenvalue weighted by molar-refractivity contribution is 6.04. The molecule has 1 aliphatic heterocycles. The fourth-order valence-corrected chi connectivity index (χ4v) is 4.86. The second-order valence-corrected chi connectivity index (χ2v) is 9.98. The van der Waals surface area contributed by atoms with Gasteiger partial charge < -0.3 is 4.90 Å². The van der Waals surface area contributed by atoms with Gasteiger partial charge in [0.1, 0.15) is 0 Å². The third kappa shape index (κ3) is 3.40. The van der Waals surface area contributed by atoms with Crippen molar-refractivity contribution in [1.29, 1.82) is 0 Å². The molecule has 1 heterocycles. The smallest absolute Gasteiger partial charge is 0.161 e. The van der Waals surface area contributed by atoms with Crippen molar-refractivity contribution < 1.29 is 9.59 Å². The van der Waals surface area contributed by atoms with Crippen LogP contribution >= 0.6 is 0 Å². The Hall–Kier alpha value is -2.16. The van der Waals surface area contributed by atoms with E-state index in [-0.39, 0.29) is 22.4 Å². The van der Waals surface area contributed by atoms with Gasteiger partial charge in [-0.2, -0.15) is 0 Å². The molecule has 4 rings (SSSR count). The van der Waals surface area contributed by atoms with Crippen molar-refractivity contribution in [3.05, 3.63) is 58.4 Å². The average Bonchev–Trinajstić information content (AvgIpc) is 2.55. The van der Waals surface area contributed by atoms with E-state index in [9.17, 15) is 9.59 Å². The first kappa shape index (κ1) is 18.2. The number of carbonyl (C=O) groups is 2. The van der Waals surface area contributed by atoms with Crippen LogP contribution in [0.2, 0.25) is 0 Å². The van der Waals surface area contributed by atoms with E-state index in [2.05, 4.69) is 56.9 Å². The molecule has 0 fully saturated rings. The minimum atomic E-state index is -0.0306. The molecule has 1 aromatic rings. The molecule has 142 valence electrons. The van der Waals surface area contributed by atoms with Crippen LogP contribution < -0.4 is 0 Å². The summed E-state index contributed by atoms with van der Waals surface area (Å²) in [5.41, 5.74) is 5.24. The first-order valence-electron chi connectivity index (χ1n) is 9.97. The van der Waals surface area contributed by atoms with Crippen LogP contribution in [0.5, 0.6) is 0 Å². The number of allylic oxidation sites excluding steroid dienone is 4. The SMILES string of the molecule is CC1(C)CC(=O)C2=C(C1)N(Cc1ccccc1)C1=C(C2)C(=O)CC(C)(C)C1. The van der Waals surface area contributed by atoms with Crippen molar-refractivity contribution in [2.75, 3.05) is 0 Å². The molecule has 1 aromatic carbocycles. The van der Waals surface area contributed by atoms with Crippen LogP contribution in [-0.2, 0) is 16.1 Å². The van der Waals surface area contributed by atoms with Gasteiger partial charge in [-0.15, -0.1) is 0 Å². The van der Waals surface area contributed by atoms with Crippen LogP contribution in [0.4, 0.5) is 0 Å². The van der Waals surface area contributed by atoms with E-state index in [1.165, 1.54) is 5.56 Å². The molecule has 0 aromatic heterocycles. The van der Waals surface area contributed by atoms with Crippen LogP contribution in [0.15, 0.2) is 52.9 Å². The third-order valence-electron chi connectivity index (χ3n) is 6.13. The van der Waals surface area contributed by atoms with E-state index in [4.69, 9.17) is 0 Å². The minimum Gasteiger partial charge on any atom is -0.343 e. The number of benzene rings is 1. The lowest BCUT2D eigenvalue weighted by molar-refractivity contribution is -0.119. The molecule has 3 aliphatic rings. The molecule has 3 nitrogen and oxygen atoms in total. The molecule has 0 bridgehead atoms. The molecular weight excluding hydrogens is 334 g/mol. The minimum absolute atomic E-state index is 0.0306. The van der Waals surface area contributed by atoms with E-state index in [0.29, 0.717) is 19.3 Å². The Balaban J connectivity index is 1.82. The van der Waals surface area contributed by atoms with E-state index in [1.54, 1.807) is 0 Å². The summed E-state index contributed by atoms with van der Waals surface area (Å²) in [6.45, 7) is 9.43. The van der Waals surface area contributed by atoms with E-state index in [0.717, 1.165) is 41.9 Å². The lowest BCUT2D eigenvalue weighted by Crippen LogP contribution is -2.41. The molecule has 0 spiro atoms. The van der Waals surface area contributed by atoms with E-state index < -0.39 is 0 Å². The fraction of sp³-hybridized carbons (Fsp3) is 0.500. The van der Waals surface area contributed by atoms with Crippen LogP contribution in [0.25, 0.3) is 0 Å². The molecule has 27 heavy (non-hydrogen) atoms. The van der Waals surface area contributed by atoms with Gasteiger partial charge >= 0.3 is 0 Å². The summed E-state index contributed by atoms with van der Waals surface area (Å²) in [6.07, 6.45) is 3.49. The molecule has 2 aliphatic carbocycles. The number of hydrogen-bond acceptors (Lipinski definition) is 3. The third-order valence-corrected chi connectivity index (χ3v) is 6.13. The Morgan fingerprint density at radius 1 is 0.778 bits per heavy atom. The second kappa shape index (κ2) is 6.19. The molecule has 0 radical (unpaired) electrons. The van der Waals surface area contributed by atoms with Crippen molar-refractivity contribution >= 4 is 11.6 Å². The Morgan fingerprint density at radius 3 is 1.74 bits per heavy atom. The Labute approximate surface area is 162 Å². The number of carbonyl (C=O) groups excluding carboxylic acids is 2. The Morgan fingerprint density at radius 2 is 1.26 bits per heavy atom. The summed E-state index contributed by atoms with van der Waals surface area (Å²) in [5, 5.41) is 0. The number of ketones is 2. The van der Waals surface area contributed by atoms with Crippen molar-refractivity contribution in [2.45, 2.75) is 66.3 Å². The number of hydrogen-bond donors (Lipinski definition) is 0. The zero-order valence-corrected chi connectivity index (χ0v) is 16.9. The largest absolute Gasteiger partial charge is 0.343 e. The van der Waals surface area contributed by atoms with Crippen molar-refractivity contribution in [2.24, 2.45) is 10.8 Å². The number of nitrogens with zero attached hydrogens (tertiary/aromatic N) is 1. The maximum Gasteiger partial charge on any atom is 0.161 e. The topological polar surface area (TPSA) is 37.4 Å². The monoisotopic (exact) mass is 363 g/mol. The van der Waals surface area contributed by atoms with Crippen molar-refractivity contribution in [3.63, 3.8) is 0 Å².